The van der Waals surface area contributed by atoms with Crippen molar-refractivity contribution in [2.75, 3.05) is 5.32 Å². The normalized spacial score (nSPS) is 11.9. The number of anilines is 1. The molecule has 3 nitrogen and oxygen atoms in total. The molecule has 102 valence electrons. The number of H-pyrrole nitrogens is 1. The molecule has 0 amide bonds. The van der Waals surface area contributed by atoms with Crippen molar-refractivity contribution in [2.45, 2.75) is 26.1 Å². The molecule has 6 heteroatoms. The van der Waals surface area contributed by atoms with Gasteiger partial charge in [0.05, 0.1) is 11.3 Å². The lowest BCUT2D eigenvalue weighted by Gasteiger charge is -2.06. The molecule has 1 heterocycles. The number of nitrogens with one attached hydrogen (secondary N) is 2. The van der Waals surface area contributed by atoms with Gasteiger partial charge in [-0.05, 0) is 31.5 Å². The van der Waals surface area contributed by atoms with Crippen LogP contribution in [0.4, 0.5) is 19.0 Å². The summed E-state index contributed by atoms with van der Waals surface area (Å²) in [7, 11) is 0. The highest BCUT2D eigenvalue weighted by molar-refractivity contribution is 5.63. The monoisotopic (exact) mass is 269 g/mol. The molecule has 1 aromatic heterocycles. The third-order valence-electron chi connectivity index (χ3n) is 2.54. The summed E-state index contributed by atoms with van der Waals surface area (Å²) in [4.78, 5) is 0. The maximum atomic E-state index is 12.4. The van der Waals surface area contributed by atoms with Gasteiger partial charge in [-0.1, -0.05) is 12.1 Å². The SMILES string of the molecule is CC(C)Nc1cc(-c2ccc(C(F)(F)F)cc2)[nH]n1. The quantitative estimate of drug-likeness (QED) is 0.886. The van der Waals surface area contributed by atoms with E-state index in [1.165, 1.54) is 12.1 Å². The lowest BCUT2D eigenvalue weighted by molar-refractivity contribution is -0.137. The van der Waals surface area contributed by atoms with Gasteiger partial charge < -0.3 is 5.32 Å². The highest BCUT2D eigenvalue weighted by atomic mass is 19.4. The number of halogens is 3. The molecule has 0 aliphatic carbocycles. The van der Waals surface area contributed by atoms with Crippen LogP contribution in [-0.2, 0) is 6.18 Å². The standard InChI is InChI=1S/C13H14F3N3/c1-8(2)17-12-7-11(18-19-12)9-3-5-10(6-4-9)13(14,15)16/h3-8H,1-2H3,(H2,17,18,19). The van der Waals surface area contributed by atoms with Crippen LogP contribution in [-0.4, -0.2) is 16.2 Å². The molecular formula is C13H14F3N3. The summed E-state index contributed by atoms with van der Waals surface area (Å²) < 4.78 is 37.3. The topological polar surface area (TPSA) is 40.7 Å². The van der Waals surface area contributed by atoms with Gasteiger partial charge in [0, 0.05) is 12.1 Å². The Bertz CT molecular complexity index is 541. The van der Waals surface area contributed by atoms with Crippen LogP contribution < -0.4 is 5.32 Å². The fourth-order valence-corrected chi connectivity index (χ4v) is 1.68. The summed E-state index contributed by atoms with van der Waals surface area (Å²) in [5.74, 6) is 0.671. The lowest BCUT2D eigenvalue weighted by atomic mass is 10.1. The molecule has 0 radical (unpaired) electrons. The van der Waals surface area contributed by atoms with Gasteiger partial charge in [-0.15, -0.1) is 0 Å². The minimum Gasteiger partial charge on any atom is -0.366 e. The molecule has 2 aromatic rings. The van der Waals surface area contributed by atoms with Crippen LogP contribution in [0.15, 0.2) is 30.3 Å². The minimum atomic E-state index is -4.31. The van der Waals surface area contributed by atoms with Gasteiger partial charge in [-0.2, -0.15) is 18.3 Å². The maximum Gasteiger partial charge on any atom is 0.416 e. The first kappa shape index (κ1) is 13.5. The van der Waals surface area contributed by atoms with Crippen molar-refractivity contribution in [2.24, 2.45) is 0 Å². The highest BCUT2D eigenvalue weighted by Crippen LogP contribution is 2.30. The van der Waals surface area contributed by atoms with Gasteiger partial charge in [0.25, 0.3) is 0 Å². The van der Waals surface area contributed by atoms with E-state index in [9.17, 15) is 13.2 Å². The summed E-state index contributed by atoms with van der Waals surface area (Å²) in [6.45, 7) is 3.96. The lowest BCUT2D eigenvalue weighted by Crippen LogP contribution is -2.09. The Hall–Kier alpha value is -1.98. The Morgan fingerprint density at radius 1 is 1.16 bits per heavy atom. The van der Waals surface area contributed by atoms with E-state index in [1.807, 2.05) is 13.8 Å². The first-order valence-corrected chi connectivity index (χ1v) is 5.86. The molecule has 19 heavy (non-hydrogen) atoms. The second kappa shape index (κ2) is 4.95. The molecule has 0 saturated carbocycles. The summed E-state index contributed by atoms with van der Waals surface area (Å²) in [6.07, 6.45) is -4.31. The van der Waals surface area contributed by atoms with E-state index in [-0.39, 0.29) is 6.04 Å². The van der Waals surface area contributed by atoms with Gasteiger partial charge in [-0.25, -0.2) is 0 Å². The zero-order valence-electron chi connectivity index (χ0n) is 10.5. The highest BCUT2D eigenvalue weighted by Gasteiger charge is 2.29. The van der Waals surface area contributed by atoms with E-state index < -0.39 is 11.7 Å². The molecule has 0 unspecified atom stereocenters. The number of hydrogen-bond acceptors (Lipinski definition) is 2. The Balaban J connectivity index is 2.20. The van der Waals surface area contributed by atoms with Gasteiger partial charge in [-0.3, -0.25) is 5.10 Å². The second-order valence-electron chi connectivity index (χ2n) is 4.54. The van der Waals surface area contributed by atoms with Gasteiger partial charge in [0.1, 0.15) is 5.82 Å². The summed E-state index contributed by atoms with van der Waals surface area (Å²) in [6, 6.07) is 6.98. The Morgan fingerprint density at radius 2 is 1.79 bits per heavy atom. The summed E-state index contributed by atoms with van der Waals surface area (Å²) in [5, 5.41) is 9.95. The minimum absolute atomic E-state index is 0.240. The van der Waals surface area contributed by atoms with Crippen molar-refractivity contribution < 1.29 is 13.2 Å². The van der Waals surface area contributed by atoms with Crippen molar-refractivity contribution in [1.29, 1.82) is 0 Å². The Kier molecular flexibility index (Phi) is 3.50. The molecule has 0 atom stereocenters. The van der Waals surface area contributed by atoms with E-state index >= 15 is 0 Å². The molecule has 2 rings (SSSR count). The van der Waals surface area contributed by atoms with E-state index in [0.29, 0.717) is 17.1 Å². The van der Waals surface area contributed by atoms with Crippen molar-refractivity contribution in [3.63, 3.8) is 0 Å². The number of aromatic amines is 1. The average molecular weight is 269 g/mol. The molecule has 0 aliphatic heterocycles. The summed E-state index contributed by atoms with van der Waals surface area (Å²) in [5.41, 5.74) is 0.686. The Morgan fingerprint density at radius 3 is 2.32 bits per heavy atom. The number of benzene rings is 1. The molecule has 1 aromatic carbocycles. The average Bonchev–Trinajstić information content (AvgIpc) is 2.75. The third kappa shape index (κ3) is 3.27. The first-order chi connectivity index (χ1) is 8.86. The van der Waals surface area contributed by atoms with Crippen LogP contribution in [0.3, 0.4) is 0 Å². The van der Waals surface area contributed by atoms with Crippen molar-refractivity contribution in [1.82, 2.24) is 10.2 Å². The van der Waals surface area contributed by atoms with E-state index in [0.717, 1.165) is 12.1 Å². The smallest absolute Gasteiger partial charge is 0.366 e. The predicted octanol–water partition coefficient (Wildman–Crippen LogP) is 3.92. The van der Waals surface area contributed by atoms with Crippen molar-refractivity contribution in [3.05, 3.63) is 35.9 Å². The first-order valence-electron chi connectivity index (χ1n) is 5.86. The van der Waals surface area contributed by atoms with Crippen LogP contribution >= 0.6 is 0 Å². The number of nitrogens with zero attached hydrogens (tertiary/aromatic N) is 1. The van der Waals surface area contributed by atoms with Gasteiger partial charge in [0.2, 0.25) is 0 Å². The molecule has 2 N–H and O–H groups in total. The second-order valence-corrected chi connectivity index (χ2v) is 4.54. The van der Waals surface area contributed by atoms with Crippen LogP contribution in [0.25, 0.3) is 11.3 Å². The molecule has 0 bridgehead atoms. The molecular weight excluding hydrogens is 255 g/mol. The number of alkyl halides is 3. The van der Waals surface area contributed by atoms with Crippen molar-refractivity contribution in [3.8, 4) is 11.3 Å². The zero-order chi connectivity index (χ0) is 14.0. The fourth-order valence-electron chi connectivity index (χ4n) is 1.68. The van der Waals surface area contributed by atoms with Gasteiger partial charge >= 0.3 is 6.18 Å². The maximum absolute atomic E-state index is 12.4. The number of hydrogen-bond donors (Lipinski definition) is 2. The van der Waals surface area contributed by atoms with Crippen molar-refractivity contribution >= 4 is 5.82 Å². The Labute approximate surface area is 108 Å². The third-order valence-corrected chi connectivity index (χ3v) is 2.54. The zero-order valence-corrected chi connectivity index (χ0v) is 10.5. The summed E-state index contributed by atoms with van der Waals surface area (Å²) >= 11 is 0. The molecule has 0 aliphatic rings. The number of aromatic nitrogens is 2. The van der Waals surface area contributed by atoms with E-state index in [2.05, 4.69) is 15.5 Å². The van der Waals surface area contributed by atoms with Crippen LogP contribution in [0.5, 0.6) is 0 Å². The molecule has 0 spiro atoms. The van der Waals surface area contributed by atoms with Crippen LogP contribution in [0, 0.1) is 0 Å². The van der Waals surface area contributed by atoms with E-state index in [1.54, 1.807) is 6.07 Å². The van der Waals surface area contributed by atoms with Gasteiger partial charge in [0.15, 0.2) is 0 Å². The van der Waals surface area contributed by atoms with E-state index in [4.69, 9.17) is 0 Å². The molecule has 0 saturated heterocycles. The largest absolute Gasteiger partial charge is 0.416 e. The molecule has 0 fully saturated rings. The van der Waals surface area contributed by atoms with Crippen LogP contribution in [0.2, 0.25) is 0 Å². The van der Waals surface area contributed by atoms with Crippen LogP contribution in [0.1, 0.15) is 19.4 Å². The predicted molar refractivity (Wildman–Crippen MR) is 67.8 cm³/mol. The number of rotatable bonds is 3. The fraction of sp³-hybridized carbons (Fsp3) is 0.308.